The lowest BCUT2D eigenvalue weighted by Gasteiger charge is -2.03. The van der Waals surface area contributed by atoms with Crippen molar-refractivity contribution in [3.63, 3.8) is 0 Å². The molecule has 1 aliphatic heterocycles. The third-order valence-electron chi connectivity index (χ3n) is 2.69. The number of aliphatic carboxylic acids is 1. The average molecular weight is 235 g/mol. The maximum atomic E-state index is 10.8. The van der Waals surface area contributed by atoms with Crippen LogP contribution in [0.1, 0.15) is 16.7 Å². The van der Waals surface area contributed by atoms with E-state index in [9.17, 15) is 4.79 Å². The van der Waals surface area contributed by atoms with E-state index >= 15 is 0 Å². The summed E-state index contributed by atoms with van der Waals surface area (Å²) in [6.45, 7) is 4.11. The van der Waals surface area contributed by atoms with Crippen molar-refractivity contribution in [2.75, 3.05) is 5.75 Å². The van der Waals surface area contributed by atoms with Crippen LogP contribution in [0.2, 0.25) is 0 Å². The molecule has 1 aromatic carbocycles. The molecule has 1 N–H and O–H groups in total. The lowest BCUT2D eigenvalue weighted by atomic mass is 10.1. The van der Waals surface area contributed by atoms with Crippen molar-refractivity contribution in [3.05, 3.63) is 34.9 Å². The molecule has 4 heteroatoms. The van der Waals surface area contributed by atoms with Crippen LogP contribution in [0.3, 0.4) is 0 Å². The molecule has 1 unspecified atom stereocenters. The van der Waals surface area contributed by atoms with E-state index in [1.165, 1.54) is 22.9 Å². The Morgan fingerprint density at radius 2 is 2.19 bits per heavy atom. The topological polar surface area (TPSA) is 49.7 Å². The SMILES string of the molecule is Cc1ccc(C2=NC(C(=O)O)CS2)cc1C. The standard InChI is InChI=1S/C12H13NO2S/c1-7-3-4-9(5-8(7)2)11-13-10(6-16-11)12(14)15/h3-5,10H,6H2,1-2H3,(H,14,15). The number of aryl methyl sites for hydroxylation is 2. The second kappa shape index (κ2) is 4.29. The summed E-state index contributed by atoms with van der Waals surface area (Å²) >= 11 is 1.52. The number of benzene rings is 1. The Morgan fingerprint density at radius 3 is 2.75 bits per heavy atom. The Balaban J connectivity index is 2.29. The second-order valence-corrected chi connectivity index (χ2v) is 4.91. The fraction of sp³-hybridized carbons (Fsp3) is 0.333. The fourth-order valence-electron chi connectivity index (χ4n) is 1.53. The molecule has 0 saturated carbocycles. The highest BCUT2D eigenvalue weighted by Gasteiger charge is 2.25. The molecule has 0 radical (unpaired) electrons. The maximum absolute atomic E-state index is 10.8. The predicted octanol–water partition coefficient (Wildman–Crippen LogP) is 2.25. The monoisotopic (exact) mass is 235 g/mol. The molecule has 1 atom stereocenters. The molecule has 0 spiro atoms. The highest BCUT2D eigenvalue weighted by Crippen LogP contribution is 2.24. The molecule has 1 aromatic rings. The zero-order valence-corrected chi connectivity index (χ0v) is 10.0. The fourth-order valence-corrected chi connectivity index (χ4v) is 2.56. The van der Waals surface area contributed by atoms with Gasteiger partial charge < -0.3 is 5.11 Å². The summed E-state index contributed by atoms with van der Waals surface area (Å²) < 4.78 is 0. The molecule has 0 fully saturated rings. The largest absolute Gasteiger partial charge is 0.480 e. The van der Waals surface area contributed by atoms with Crippen LogP contribution >= 0.6 is 11.8 Å². The summed E-state index contributed by atoms with van der Waals surface area (Å²) in [4.78, 5) is 15.0. The summed E-state index contributed by atoms with van der Waals surface area (Å²) in [5.41, 5.74) is 3.47. The van der Waals surface area contributed by atoms with Crippen LogP contribution in [0.4, 0.5) is 0 Å². The van der Waals surface area contributed by atoms with Gasteiger partial charge in [0.2, 0.25) is 0 Å². The summed E-state index contributed by atoms with van der Waals surface area (Å²) in [6, 6.07) is 5.52. The van der Waals surface area contributed by atoms with Gasteiger partial charge in [0.05, 0.1) is 5.04 Å². The third-order valence-corrected chi connectivity index (χ3v) is 3.79. The molecule has 3 nitrogen and oxygen atoms in total. The number of rotatable bonds is 2. The summed E-state index contributed by atoms with van der Waals surface area (Å²) in [6.07, 6.45) is 0. The number of carboxylic acid groups (broad SMARTS) is 1. The van der Waals surface area contributed by atoms with Gasteiger partial charge >= 0.3 is 5.97 Å². The van der Waals surface area contributed by atoms with Crippen LogP contribution in [0, 0.1) is 13.8 Å². The number of nitrogens with zero attached hydrogens (tertiary/aromatic N) is 1. The zero-order valence-electron chi connectivity index (χ0n) is 9.23. The van der Waals surface area contributed by atoms with Crippen molar-refractivity contribution in [1.29, 1.82) is 0 Å². The minimum Gasteiger partial charge on any atom is -0.480 e. The van der Waals surface area contributed by atoms with E-state index in [4.69, 9.17) is 5.11 Å². The van der Waals surface area contributed by atoms with Gasteiger partial charge in [-0.3, -0.25) is 4.99 Å². The van der Waals surface area contributed by atoms with Gasteiger partial charge in [0.25, 0.3) is 0 Å². The first-order chi connectivity index (χ1) is 7.58. The number of carboxylic acids is 1. The number of thioether (sulfide) groups is 1. The van der Waals surface area contributed by atoms with Gasteiger partial charge in [-0.15, -0.1) is 11.8 Å². The molecular formula is C12H13NO2S. The van der Waals surface area contributed by atoms with Gasteiger partial charge in [0, 0.05) is 11.3 Å². The van der Waals surface area contributed by atoms with E-state index in [0.717, 1.165) is 10.6 Å². The van der Waals surface area contributed by atoms with E-state index in [1.54, 1.807) is 0 Å². The van der Waals surface area contributed by atoms with Gasteiger partial charge in [0.15, 0.2) is 6.04 Å². The Labute approximate surface area is 98.6 Å². The van der Waals surface area contributed by atoms with Crippen molar-refractivity contribution in [1.82, 2.24) is 0 Å². The van der Waals surface area contributed by atoms with Gasteiger partial charge in [-0.25, -0.2) is 4.79 Å². The summed E-state index contributed by atoms with van der Waals surface area (Å²) in [5, 5.41) is 9.70. The highest BCUT2D eigenvalue weighted by molar-refractivity contribution is 8.14. The number of hydrogen-bond acceptors (Lipinski definition) is 3. The first-order valence-electron chi connectivity index (χ1n) is 5.09. The molecule has 1 heterocycles. The molecule has 2 rings (SSSR count). The van der Waals surface area contributed by atoms with Crippen LogP contribution in [0.25, 0.3) is 0 Å². The Morgan fingerprint density at radius 1 is 1.44 bits per heavy atom. The maximum Gasteiger partial charge on any atom is 0.329 e. The van der Waals surface area contributed by atoms with Crippen LogP contribution < -0.4 is 0 Å². The normalized spacial score (nSPS) is 19.6. The van der Waals surface area contributed by atoms with Gasteiger partial charge in [-0.1, -0.05) is 12.1 Å². The van der Waals surface area contributed by atoms with Gasteiger partial charge in [0.1, 0.15) is 0 Å². The van der Waals surface area contributed by atoms with Crippen molar-refractivity contribution in [2.24, 2.45) is 4.99 Å². The summed E-state index contributed by atoms with van der Waals surface area (Å²) in [5.74, 6) is -0.302. The zero-order chi connectivity index (χ0) is 11.7. The molecule has 84 valence electrons. The Hall–Kier alpha value is -1.29. The van der Waals surface area contributed by atoms with Crippen molar-refractivity contribution < 1.29 is 9.90 Å². The first-order valence-corrected chi connectivity index (χ1v) is 6.07. The Bertz CT molecular complexity index is 468. The predicted molar refractivity (Wildman–Crippen MR) is 66.3 cm³/mol. The third kappa shape index (κ3) is 2.11. The number of aliphatic imine (C=N–C) groups is 1. The van der Waals surface area contributed by atoms with Gasteiger partial charge in [-0.2, -0.15) is 0 Å². The second-order valence-electron chi connectivity index (χ2n) is 3.90. The van der Waals surface area contributed by atoms with Gasteiger partial charge in [-0.05, 0) is 31.0 Å². The first kappa shape index (κ1) is 11.2. The van der Waals surface area contributed by atoms with Crippen molar-refractivity contribution in [2.45, 2.75) is 19.9 Å². The lowest BCUT2D eigenvalue weighted by Crippen LogP contribution is -2.17. The quantitative estimate of drug-likeness (QED) is 0.855. The van der Waals surface area contributed by atoms with Crippen molar-refractivity contribution in [3.8, 4) is 0 Å². The number of carbonyl (C=O) groups is 1. The molecule has 1 aliphatic rings. The molecule has 0 saturated heterocycles. The minimum absolute atomic E-state index is 0.539. The molecule has 16 heavy (non-hydrogen) atoms. The molecule has 0 aliphatic carbocycles. The molecule has 0 aromatic heterocycles. The van der Waals surface area contributed by atoms with Crippen LogP contribution in [-0.4, -0.2) is 27.9 Å². The van der Waals surface area contributed by atoms with E-state index in [0.29, 0.717) is 5.75 Å². The van der Waals surface area contributed by atoms with Crippen LogP contribution in [0.5, 0.6) is 0 Å². The molecule has 0 bridgehead atoms. The van der Waals surface area contributed by atoms with E-state index in [-0.39, 0.29) is 0 Å². The van der Waals surface area contributed by atoms with Crippen LogP contribution in [-0.2, 0) is 4.79 Å². The van der Waals surface area contributed by atoms with E-state index in [2.05, 4.69) is 18.0 Å². The highest BCUT2D eigenvalue weighted by atomic mass is 32.2. The smallest absolute Gasteiger partial charge is 0.329 e. The Kier molecular flexibility index (Phi) is 3.01. The summed E-state index contributed by atoms with van der Waals surface area (Å²) in [7, 11) is 0. The number of hydrogen-bond donors (Lipinski definition) is 1. The molecule has 0 amide bonds. The van der Waals surface area contributed by atoms with Crippen molar-refractivity contribution >= 4 is 22.8 Å². The van der Waals surface area contributed by atoms with E-state index < -0.39 is 12.0 Å². The molecular weight excluding hydrogens is 222 g/mol. The lowest BCUT2D eigenvalue weighted by molar-refractivity contribution is -0.137. The minimum atomic E-state index is -0.841. The van der Waals surface area contributed by atoms with Crippen LogP contribution in [0.15, 0.2) is 23.2 Å². The van der Waals surface area contributed by atoms with E-state index in [1.807, 2.05) is 19.1 Å². The average Bonchev–Trinajstić information content (AvgIpc) is 2.71.